The molecular weight excluding hydrogens is 624 g/mol. The highest BCUT2D eigenvalue weighted by Crippen LogP contribution is 2.69. The Kier molecular flexibility index (Phi) is 8.00. The number of carbonyl (C=O) groups is 1. The quantitative estimate of drug-likeness (QED) is 0.246. The standard InChI is InChI=1S/C35H38ClF2N7O2/c1-5-30(46)45-15-14-44(19-23(45)18-39-2)32-24-12-13-43(27-11-7-9-22-8-6-10-25(36)31(22)27)20-26(24)40-33(41-32)47-29-17-34(21-35(34,37)38)16-28(29)42(3)4/h5-11,23,28-29H,1,12-21H2,3-4H3/t23-,28+,29+,34?/m0/s1. The summed E-state index contributed by atoms with van der Waals surface area (Å²) in [6, 6.07) is 11.7. The third kappa shape index (κ3) is 5.55. The van der Waals surface area contributed by atoms with Crippen molar-refractivity contribution in [2.75, 3.05) is 56.6 Å². The summed E-state index contributed by atoms with van der Waals surface area (Å²) >= 11 is 6.71. The predicted octanol–water partition coefficient (Wildman–Crippen LogP) is 5.47. The van der Waals surface area contributed by atoms with Gasteiger partial charge in [-0.1, -0.05) is 42.4 Å². The molecule has 246 valence electrons. The van der Waals surface area contributed by atoms with Crippen molar-refractivity contribution in [1.82, 2.24) is 19.8 Å². The molecule has 2 aromatic carbocycles. The maximum atomic E-state index is 14.5. The van der Waals surface area contributed by atoms with E-state index >= 15 is 0 Å². The number of ether oxygens (including phenoxy) is 1. The minimum absolute atomic E-state index is 0.112. The van der Waals surface area contributed by atoms with Crippen LogP contribution in [0.4, 0.5) is 20.3 Å². The molecule has 3 aromatic rings. The zero-order valence-electron chi connectivity index (χ0n) is 26.6. The highest BCUT2D eigenvalue weighted by molar-refractivity contribution is 6.36. The molecule has 2 aliphatic heterocycles. The van der Waals surface area contributed by atoms with E-state index in [1.807, 2.05) is 49.3 Å². The van der Waals surface area contributed by atoms with E-state index in [4.69, 9.17) is 32.9 Å². The fraction of sp³-hybridized carbons (Fsp3) is 0.486. The molecule has 3 heterocycles. The molecule has 1 amide bonds. The van der Waals surface area contributed by atoms with E-state index in [1.54, 1.807) is 4.90 Å². The van der Waals surface area contributed by atoms with Gasteiger partial charge in [-0.05, 0) is 57.0 Å². The number of alkyl halides is 2. The van der Waals surface area contributed by atoms with Crippen molar-refractivity contribution < 1.29 is 18.3 Å². The average Bonchev–Trinajstić information content (AvgIpc) is 3.38. The normalized spacial score (nSPS) is 26.4. The minimum atomic E-state index is -2.68. The highest BCUT2D eigenvalue weighted by Gasteiger charge is 2.75. The van der Waals surface area contributed by atoms with Crippen LogP contribution in [0.3, 0.4) is 0 Å². The van der Waals surface area contributed by atoms with Gasteiger partial charge in [0.2, 0.25) is 12.5 Å². The van der Waals surface area contributed by atoms with E-state index in [2.05, 4.69) is 27.3 Å². The smallest absolute Gasteiger partial charge is 0.319 e. The van der Waals surface area contributed by atoms with Crippen molar-refractivity contribution in [3.05, 3.63) is 76.8 Å². The molecule has 1 saturated heterocycles. The number of hydrogen-bond acceptors (Lipinski definition) is 7. The first-order chi connectivity index (χ1) is 22.5. The first-order valence-corrected chi connectivity index (χ1v) is 16.5. The molecule has 0 radical (unpaired) electrons. The van der Waals surface area contributed by atoms with Gasteiger partial charge in [-0.15, -0.1) is 0 Å². The van der Waals surface area contributed by atoms with Gasteiger partial charge in [-0.2, -0.15) is 9.97 Å². The molecule has 4 atom stereocenters. The van der Waals surface area contributed by atoms with Gasteiger partial charge in [-0.3, -0.25) is 4.79 Å². The SMILES string of the molecule is [C-]#[N+]C[C@H]1CN(c2nc(O[C@@H]3CC4(C[C@H]3N(C)C)CC4(F)F)nc3c2CCN(c2cccc4cccc(Cl)c24)C3)CCN1C(=O)C=C. The molecule has 1 spiro atoms. The van der Waals surface area contributed by atoms with E-state index in [-0.39, 0.29) is 43.4 Å². The molecule has 7 rings (SSSR count). The Bertz CT molecular complexity index is 1780. The van der Waals surface area contributed by atoms with Crippen LogP contribution in [-0.2, 0) is 17.8 Å². The molecule has 1 unspecified atom stereocenters. The summed E-state index contributed by atoms with van der Waals surface area (Å²) in [5.41, 5.74) is 1.77. The monoisotopic (exact) mass is 661 g/mol. The number of amides is 1. The number of likely N-dealkylation sites (N-methyl/N-ethyl adjacent to an activating group) is 1. The van der Waals surface area contributed by atoms with Crippen LogP contribution < -0.4 is 14.5 Å². The lowest BCUT2D eigenvalue weighted by atomic mass is 10.0. The number of piperazine rings is 1. The third-order valence-corrected chi connectivity index (χ3v) is 10.8. The van der Waals surface area contributed by atoms with Crippen molar-refractivity contribution in [3.63, 3.8) is 0 Å². The Hall–Kier alpha value is -4.01. The summed E-state index contributed by atoms with van der Waals surface area (Å²) in [4.78, 5) is 34.2. The van der Waals surface area contributed by atoms with E-state index in [0.29, 0.717) is 56.4 Å². The van der Waals surface area contributed by atoms with E-state index in [1.165, 1.54) is 6.08 Å². The number of rotatable bonds is 7. The van der Waals surface area contributed by atoms with Crippen molar-refractivity contribution >= 4 is 39.8 Å². The number of nitrogens with zero attached hydrogens (tertiary/aromatic N) is 7. The van der Waals surface area contributed by atoms with E-state index in [0.717, 1.165) is 27.7 Å². The number of hydrogen-bond donors (Lipinski definition) is 0. The number of carbonyl (C=O) groups excluding carboxylic acids is 1. The van der Waals surface area contributed by atoms with Gasteiger partial charge < -0.3 is 29.2 Å². The summed E-state index contributed by atoms with van der Waals surface area (Å²) in [5.74, 6) is -2.16. The zero-order chi connectivity index (χ0) is 33.1. The number of benzene rings is 2. The van der Waals surface area contributed by atoms with Gasteiger partial charge in [0.05, 0.1) is 17.3 Å². The fourth-order valence-electron chi connectivity index (χ4n) is 7.90. The van der Waals surface area contributed by atoms with Crippen LogP contribution in [0.5, 0.6) is 6.01 Å². The topological polar surface area (TPSA) is 69.4 Å². The number of fused-ring (bicyclic) bond motifs is 2. The Morgan fingerprint density at radius 1 is 1.17 bits per heavy atom. The van der Waals surface area contributed by atoms with Crippen molar-refractivity contribution in [1.29, 1.82) is 0 Å². The Morgan fingerprint density at radius 2 is 1.94 bits per heavy atom. The van der Waals surface area contributed by atoms with Crippen LogP contribution in [0.15, 0.2) is 49.1 Å². The van der Waals surface area contributed by atoms with Gasteiger partial charge in [0.25, 0.3) is 5.92 Å². The van der Waals surface area contributed by atoms with Crippen LogP contribution in [0, 0.1) is 12.0 Å². The van der Waals surface area contributed by atoms with Gasteiger partial charge in [0.1, 0.15) is 18.0 Å². The number of halogens is 3. The molecule has 12 heteroatoms. The molecule has 2 aliphatic carbocycles. The van der Waals surface area contributed by atoms with Crippen molar-refractivity contribution in [3.8, 4) is 6.01 Å². The Morgan fingerprint density at radius 3 is 2.64 bits per heavy atom. The summed E-state index contributed by atoms with van der Waals surface area (Å²) in [6.07, 6.45) is 1.96. The van der Waals surface area contributed by atoms with Gasteiger partial charge in [0, 0.05) is 60.7 Å². The van der Waals surface area contributed by atoms with Gasteiger partial charge in [0.15, 0.2) is 0 Å². The fourth-order valence-corrected chi connectivity index (χ4v) is 8.17. The Labute approximate surface area is 278 Å². The molecule has 4 aliphatic rings. The molecule has 1 aromatic heterocycles. The average molecular weight is 662 g/mol. The lowest BCUT2D eigenvalue weighted by Gasteiger charge is -2.41. The van der Waals surface area contributed by atoms with Gasteiger partial charge in [-0.25, -0.2) is 15.4 Å². The molecule has 0 N–H and O–H groups in total. The lowest BCUT2D eigenvalue weighted by Crippen LogP contribution is -2.56. The predicted molar refractivity (Wildman–Crippen MR) is 178 cm³/mol. The molecule has 47 heavy (non-hydrogen) atoms. The Balaban J connectivity index is 1.26. The minimum Gasteiger partial charge on any atom is -0.458 e. The summed E-state index contributed by atoms with van der Waals surface area (Å²) in [6.45, 7) is 13.9. The molecule has 9 nitrogen and oxygen atoms in total. The van der Waals surface area contributed by atoms with Crippen LogP contribution in [0.1, 0.15) is 30.5 Å². The van der Waals surface area contributed by atoms with Crippen LogP contribution >= 0.6 is 11.6 Å². The van der Waals surface area contributed by atoms with E-state index in [9.17, 15) is 13.6 Å². The number of anilines is 2. The van der Waals surface area contributed by atoms with Crippen molar-refractivity contribution in [2.24, 2.45) is 5.41 Å². The first kappa shape index (κ1) is 31.6. The molecule has 2 saturated carbocycles. The maximum Gasteiger partial charge on any atom is 0.319 e. The molecule has 0 bridgehead atoms. The largest absolute Gasteiger partial charge is 0.458 e. The second-order valence-electron chi connectivity index (χ2n) is 13.5. The van der Waals surface area contributed by atoms with Gasteiger partial charge >= 0.3 is 6.01 Å². The first-order valence-electron chi connectivity index (χ1n) is 16.1. The summed E-state index contributed by atoms with van der Waals surface area (Å²) in [7, 11) is 3.79. The highest BCUT2D eigenvalue weighted by atomic mass is 35.5. The van der Waals surface area contributed by atoms with Crippen molar-refractivity contribution in [2.45, 2.75) is 56.3 Å². The van der Waals surface area contributed by atoms with Crippen LogP contribution in [-0.4, -0.2) is 96.6 Å². The second-order valence-corrected chi connectivity index (χ2v) is 13.9. The third-order valence-electron chi connectivity index (χ3n) is 10.5. The maximum absolute atomic E-state index is 14.5. The second kappa shape index (κ2) is 11.9. The summed E-state index contributed by atoms with van der Waals surface area (Å²) in [5, 5.41) is 2.70. The zero-order valence-corrected chi connectivity index (χ0v) is 27.4. The number of aromatic nitrogens is 2. The molecular formula is C35H38ClF2N7O2. The lowest BCUT2D eigenvalue weighted by molar-refractivity contribution is -0.128. The van der Waals surface area contributed by atoms with Crippen LogP contribution in [0.25, 0.3) is 15.6 Å². The van der Waals surface area contributed by atoms with Crippen LogP contribution in [0.2, 0.25) is 5.02 Å². The van der Waals surface area contributed by atoms with E-state index < -0.39 is 17.4 Å². The summed E-state index contributed by atoms with van der Waals surface area (Å²) < 4.78 is 35.6. The molecule has 3 fully saturated rings.